The van der Waals surface area contributed by atoms with Gasteiger partial charge in [-0.1, -0.05) is 19.4 Å². The van der Waals surface area contributed by atoms with E-state index in [2.05, 4.69) is 19.9 Å². The van der Waals surface area contributed by atoms with Gasteiger partial charge in [0, 0.05) is 24.2 Å². The third kappa shape index (κ3) is 1.58. The first-order valence-corrected chi connectivity index (χ1v) is 11.4. The summed E-state index contributed by atoms with van der Waals surface area (Å²) >= 11 is 0. The van der Waals surface area contributed by atoms with Gasteiger partial charge in [0.15, 0.2) is 5.78 Å². The predicted octanol–water partition coefficient (Wildman–Crippen LogP) is 4.31. The molecule has 27 heavy (non-hydrogen) atoms. The number of hydrogen-bond donors (Lipinski definition) is 0. The van der Waals surface area contributed by atoms with Gasteiger partial charge in [0.2, 0.25) is 0 Å². The van der Waals surface area contributed by atoms with Crippen LogP contribution < -0.4 is 0 Å². The first-order chi connectivity index (χ1) is 12.9. The molecule has 6 aliphatic carbocycles. The molecular formula is C24H30O3. The molecule has 7 aliphatic rings. The lowest BCUT2D eigenvalue weighted by Crippen LogP contribution is -2.57. The number of ether oxygens (including phenoxy) is 1. The molecule has 0 amide bonds. The molecule has 3 nitrogen and oxygen atoms in total. The highest BCUT2D eigenvalue weighted by molar-refractivity contribution is 5.92. The largest absolute Gasteiger partial charge is 0.458 e. The van der Waals surface area contributed by atoms with Crippen LogP contribution in [0, 0.1) is 52.3 Å². The second kappa shape index (κ2) is 4.39. The molecule has 0 aromatic heterocycles. The number of allylic oxidation sites excluding steroid dienone is 1. The Morgan fingerprint density at radius 3 is 2.63 bits per heavy atom. The van der Waals surface area contributed by atoms with Crippen LogP contribution in [-0.2, 0) is 14.3 Å². The second-order valence-corrected chi connectivity index (χ2v) is 11.5. The zero-order valence-electron chi connectivity index (χ0n) is 16.5. The van der Waals surface area contributed by atoms with E-state index in [9.17, 15) is 9.59 Å². The van der Waals surface area contributed by atoms with E-state index in [1.807, 2.05) is 0 Å². The van der Waals surface area contributed by atoms with E-state index in [4.69, 9.17) is 4.74 Å². The lowest BCUT2D eigenvalue weighted by Gasteiger charge is -2.60. The minimum Gasteiger partial charge on any atom is -0.458 e. The van der Waals surface area contributed by atoms with Gasteiger partial charge in [0.1, 0.15) is 5.60 Å². The van der Waals surface area contributed by atoms with Crippen molar-refractivity contribution in [2.45, 2.75) is 70.8 Å². The highest BCUT2D eigenvalue weighted by Gasteiger charge is 2.81. The quantitative estimate of drug-likeness (QED) is 0.600. The Morgan fingerprint density at radius 1 is 1.00 bits per heavy atom. The zero-order valence-corrected chi connectivity index (χ0v) is 16.5. The fourth-order valence-electron chi connectivity index (χ4n) is 9.74. The third-order valence-electron chi connectivity index (χ3n) is 10.9. The van der Waals surface area contributed by atoms with E-state index >= 15 is 0 Å². The van der Waals surface area contributed by atoms with Gasteiger partial charge in [-0.3, -0.25) is 9.59 Å². The molecule has 6 fully saturated rings. The summed E-state index contributed by atoms with van der Waals surface area (Å²) in [7, 11) is 0. The van der Waals surface area contributed by atoms with E-state index in [1.54, 1.807) is 0 Å². The molecule has 1 heterocycles. The van der Waals surface area contributed by atoms with Crippen molar-refractivity contribution in [2.24, 2.45) is 52.3 Å². The molecule has 1 aliphatic heterocycles. The van der Waals surface area contributed by atoms with E-state index in [-0.39, 0.29) is 22.4 Å². The summed E-state index contributed by atoms with van der Waals surface area (Å²) in [6, 6.07) is 0. The van der Waals surface area contributed by atoms with Gasteiger partial charge in [-0.05, 0) is 85.5 Å². The SMILES string of the molecule is C[C@]12CCC(=O)C=C1C1CC1C1C2CC[C@@]2(C)C1C1CC1[C@]21CCC(=O)O1. The lowest BCUT2D eigenvalue weighted by atomic mass is 9.45. The van der Waals surface area contributed by atoms with Crippen molar-refractivity contribution < 1.29 is 14.3 Å². The maximum atomic E-state index is 12.2. The molecule has 0 aromatic carbocycles. The standard InChI is InChI=1S/C24H30O3/c1-22-6-3-12(25)9-17(22)13-10-14(13)20-16(22)4-7-23(2)21(20)15-11-18(15)24(23)8-5-19(26)27-24/h9,13-16,18,20-21H,3-8,10-11H2,1-2H3/t13?,14?,15?,16?,18?,20?,21?,22-,23+,24-/m1/s1. The Kier molecular flexibility index (Phi) is 2.56. The third-order valence-corrected chi connectivity index (χ3v) is 10.9. The molecule has 0 radical (unpaired) electrons. The first-order valence-electron chi connectivity index (χ1n) is 11.4. The highest BCUT2D eigenvalue weighted by Crippen LogP contribution is 2.82. The van der Waals surface area contributed by atoms with Crippen molar-refractivity contribution in [3.8, 4) is 0 Å². The van der Waals surface area contributed by atoms with Crippen molar-refractivity contribution in [3.05, 3.63) is 11.6 Å². The first kappa shape index (κ1) is 15.8. The fraction of sp³-hybridized carbons (Fsp3) is 0.833. The molecule has 1 saturated heterocycles. The van der Waals surface area contributed by atoms with Crippen LogP contribution in [0.25, 0.3) is 0 Å². The minimum absolute atomic E-state index is 0.0561. The monoisotopic (exact) mass is 366 g/mol. The summed E-state index contributed by atoms with van der Waals surface area (Å²) in [6.45, 7) is 4.99. The second-order valence-electron chi connectivity index (χ2n) is 11.5. The molecule has 0 aromatic rings. The Hall–Kier alpha value is -1.12. The summed E-state index contributed by atoms with van der Waals surface area (Å²) in [5, 5.41) is 0. The Labute approximate surface area is 161 Å². The molecule has 10 atom stereocenters. The van der Waals surface area contributed by atoms with Crippen LogP contribution in [0.2, 0.25) is 0 Å². The maximum Gasteiger partial charge on any atom is 0.306 e. The summed E-state index contributed by atoms with van der Waals surface area (Å²) in [6.07, 6.45) is 10.6. The number of fused-ring (bicyclic) bond motifs is 12. The number of carbonyl (C=O) groups excluding carboxylic acids is 2. The van der Waals surface area contributed by atoms with Crippen molar-refractivity contribution >= 4 is 11.8 Å². The molecule has 7 unspecified atom stereocenters. The van der Waals surface area contributed by atoms with Crippen LogP contribution in [0.5, 0.6) is 0 Å². The maximum absolute atomic E-state index is 12.2. The van der Waals surface area contributed by atoms with Crippen LogP contribution in [0.15, 0.2) is 11.6 Å². The average molecular weight is 367 g/mol. The van der Waals surface area contributed by atoms with Crippen LogP contribution in [-0.4, -0.2) is 17.4 Å². The lowest BCUT2D eigenvalue weighted by molar-refractivity contribution is -0.177. The van der Waals surface area contributed by atoms with Gasteiger partial charge in [0.05, 0.1) is 0 Å². The topological polar surface area (TPSA) is 43.4 Å². The van der Waals surface area contributed by atoms with Gasteiger partial charge < -0.3 is 4.74 Å². The van der Waals surface area contributed by atoms with Crippen molar-refractivity contribution in [1.29, 1.82) is 0 Å². The predicted molar refractivity (Wildman–Crippen MR) is 99.5 cm³/mol. The van der Waals surface area contributed by atoms with Crippen LogP contribution in [0.3, 0.4) is 0 Å². The molecule has 144 valence electrons. The van der Waals surface area contributed by atoms with Crippen LogP contribution in [0.4, 0.5) is 0 Å². The van der Waals surface area contributed by atoms with Gasteiger partial charge in [0.25, 0.3) is 0 Å². The van der Waals surface area contributed by atoms with Gasteiger partial charge in [-0.25, -0.2) is 0 Å². The Bertz CT molecular complexity index is 827. The number of rotatable bonds is 0. The molecule has 7 rings (SSSR count). The van der Waals surface area contributed by atoms with Crippen molar-refractivity contribution in [3.63, 3.8) is 0 Å². The van der Waals surface area contributed by atoms with E-state index in [0.717, 1.165) is 48.9 Å². The normalized spacial score (nSPS) is 62.0. The smallest absolute Gasteiger partial charge is 0.306 e. The molecule has 0 N–H and O–H groups in total. The molecule has 5 saturated carbocycles. The van der Waals surface area contributed by atoms with Crippen molar-refractivity contribution in [1.82, 2.24) is 0 Å². The number of carbonyl (C=O) groups is 2. The fourth-order valence-corrected chi connectivity index (χ4v) is 9.74. The van der Waals surface area contributed by atoms with Gasteiger partial charge in [-0.15, -0.1) is 0 Å². The summed E-state index contributed by atoms with van der Waals surface area (Å²) < 4.78 is 6.22. The summed E-state index contributed by atoms with van der Waals surface area (Å²) in [4.78, 5) is 24.3. The van der Waals surface area contributed by atoms with E-state index in [0.29, 0.717) is 24.0 Å². The molecular weight excluding hydrogens is 336 g/mol. The van der Waals surface area contributed by atoms with Crippen LogP contribution >= 0.6 is 0 Å². The Balaban J connectivity index is 1.33. The van der Waals surface area contributed by atoms with Crippen LogP contribution in [0.1, 0.15) is 65.2 Å². The number of esters is 1. The number of ketones is 1. The van der Waals surface area contributed by atoms with E-state index < -0.39 is 0 Å². The van der Waals surface area contributed by atoms with Crippen molar-refractivity contribution in [2.75, 3.05) is 0 Å². The summed E-state index contributed by atoms with van der Waals surface area (Å²) in [5.41, 5.74) is 1.85. The van der Waals surface area contributed by atoms with Gasteiger partial charge >= 0.3 is 5.97 Å². The molecule has 1 spiro atoms. The highest BCUT2D eigenvalue weighted by atomic mass is 16.6. The minimum atomic E-state index is -0.131. The summed E-state index contributed by atoms with van der Waals surface area (Å²) in [5.74, 6) is 5.65. The van der Waals surface area contributed by atoms with E-state index in [1.165, 1.54) is 31.3 Å². The molecule has 0 bridgehead atoms. The Morgan fingerprint density at radius 2 is 1.85 bits per heavy atom. The number of hydrogen-bond acceptors (Lipinski definition) is 3. The van der Waals surface area contributed by atoms with Gasteiger partial charge in [-0.2, -0.15) is 0 Å². The molecule has 3 heteroatoms. The average Bonchev–Trinajstić information content (AvgIpc) is 3.53. The zero-order chi connectivity index (χ0) is 18.3.